The van der Waals surface area contributed by atoms with Crippen LogP contribution in [-0.2, 0) is 9.59 Å². The Morgan fingerprint density at radius 2 is 2.08 bits per heavy atom. The van der Waals surface area contributed by atoms with Gasteiger partial charge < -0.3 is 14.8 Å². The first-order valence-electron chi connectivity index (χ1n) is 7.26. The minimum Gasteiger partial charge on any atom is -0.478 e. The van der Waals surface area contributed by atoms with Crippen LogP contribution in [0.15, 0.2) is 44.6 Å². The number of nitrogens with zero attached hydrogens (tertiary/aromatic N) is 1. The fourth-order valence-electron chi connectivity index (χ4n) is 2.17. The van der Waals surface area contributed by atoms with E-state index in [9.17, 15) is 14.4 Å². The molecule has 0 spiro atoms. The van der Waals surface area contributed by atoms with Crippen LogP contribution in [0.4, 0.5) is 0 Å². The first-order valence-corrected chi connectivity index (χ1v) is 8.46. The molecule has 2 N–H and O–H groups in total. The van der Waals surface area contributed by atoms with Crippen molar-refractivity contribution in [2.24, 2.45) is 4.99 Å². The number of carboxylic acids is 1. The number of benzene rings is 1. The van der Waals surface area contributed by atoms with E-state index in [1.165, 1.54) is 25.1 Å². The molecule has 9 heteroatoms. The van der Waals surface area contributed by atoms with Gasteiger partial charge in [0.05, 0.1) is 15.5 Å². The van der Waals surface area contributed by atoms with E-state index >= 15 is 0 Å². The van der Waals surface area contributed by atoms with Crippen molar-refractivity contribution in [1.29, 1.82) is 0 Å². The smallest absolute Gasteiger partial charge is 0.337 e. The average Bonchev–Trinajstić information content (AvgIpc) is 3.14. The van der Waals surface area contributed by atoms with Crippen molar-refractivity contribution in [2.75, 3.05) is 0 Å². The summed E-state index contributed by atoms with van der Waals surface area (Å²) in [5.74, 6) is -1.11. The number of halogens is 1. The van der Waals surface area contributed by atoms with Gasteiger partial charge in [-0.15, -0.1) is 0 Å². The lowest BCUT2D eigenvalue weighted by Gasteiger charge is -2.02. The molecule has 26 heavy (non-hydrogen) atoms. The highest BCUT2D eigenvalue weighted by atomic mass is 35.5. The number of amides is 2. The standard InChI is InChI=1S/C17H11ClN2O5S/c1-8(21)19-17-20-15(22)14(26-17)7-10-3-5-13(25-10)9-2-4-12(18)11(6-9)16(23)24/h2-7H,1H3,(H,23,24)(H,19,20,21,22)/b14-7-. The summed E-state index contributed by atoms with van der Waals surface area (Å²) in [5.41, 5.74) is 0.507. The van der Waals surface area contributed by atoms with Crippen LogP contribution in [0.5, 0.6) is 0 Å². The fraction of sp³-hybridized carbons (Fsp3) is 0.0588. The van der Waals surface area contributed by atoms with E-state index in [0.717, 1.165) is 11.8 Å². The molecule has 0 saturated carbocycles. The van der Waals surface area contributed by atoms with Gasteiger partial charge in [-0.3, -0.25) is 9.59 Å². The first kappa shape index (κ1) is 18.0. The van der Waals surface area contributed by atoms with E-state index < -0.39 is 11.9 Å². The second-order valence-electron chi connectivity index (χ2n) is 5.22. The molecule has 7 nitrogen and oxygen atoms in total. The summed E-state index contributed by atoms with van der Waals surface area (Å²) >= 11 is 6.89. The normalized spacial score (nSPS) is 15.2. The molecule has 0 fully saturated rings. The van der Waals surface area contributed by atoms with Crippen LogP contribution < -0.4 is 5.32 Å². The topological polar surface area (TPSA) is 109 Å². The average molecular weight is 391 g/mol. The summed E-state index contributed by atoms with van der Waals surface area (Å²) in [6.07, 6.45) is 1.50. The number of rotatable bonds is 3. The van der Waals surface area contributed by atoms with Crippen LogP contribution in [0.2, 0.25) is 5.02 Å². The summed E-state index contributed by atoms with van der Waals surface area (Å²) in [6, 6.07) is 7.82. The molecule has 1 aromatic heterocycles. The molecular weight excluding hydrogens is 380 g/mol. The number of amidine groups is 1. The van der Waals surface area contributed by atoms with E-state index in [2.05, 4.69) is 10.3 Å². The maximum atomic E-state index is 11.9. The molecule has 2 aromatic rings. The van der Waals surface area contributed by atoms with E-state index in [4.69, 9.17) is 21.1 Å². The maximum absolute atomic E-state index is 11.9. The summed E-state index contributed by atoms with van der Waals surface area (Å²) in [7, 11) is 0. The van der Waals surface area contributed by atoms with Crippen molar-refractivity contribution >= 4 is 52.4 Å². The zero-order valence-corrected chi connectivity index (χ0v) is 14.9. The molecule has 1 aliphatic heterocycles. The number of thioether (sulfide) groups is 1. The highest BCUT2D eigenvalue weighted by Crippen LogP contribution is 2.31. The van der Waals surface area contributed by atoms with Crippen LogP contribution in [0.1, 0.15) is 23.0 Å². The molecule has 132 valence electrons. The van der Waals surface area contributed by atoms with E-state index in [1.54, 1.807) is 18.2 Å². The zero-order valence-electron chi connectivity index (χ0n) is 13.3. The van der Waals surface area contributed by atoms with Crippen molar-refractivity contribution in [3.8, 4) is 11.3 Å². The van der Waals surface area contributed by atoms with Crippen molar-refractivity contribution in [1.82, 2.24) is 5.32 Å². The minimum atomic E-state index is -1.14. The molecule has 0 unspecified atom stereocenters. The second kappa shape index (κ2) is 7.19. The Morgan fingerprint density at radius 1 is 1.31 bits per heavy atom. The molecule has 2 amide bonds. The van der Waals surface area contributed by atoms with Crippen LogP contribution >= 0.6 is 23.4 Å². The monoisotopic (exact) mass is 390 g/mol. The number of furan rings is 1. The lowest BCUT2D eigenvalue weighted by molar-refractivity contribution is -0.117. The third-order valence-corrected chi connectivity index (χ3v) is 4.51. The largest absolute Gasteiger partial charge is 0.478 e. The number of aromatic carboxylic acids is 1. The van der Waals surface area contributed by atoms with Gasteiger partial charge in [0, 0.05) is 18.6 Å². The predicted molar refractivity (Wildman–Crippen MR) is 97.9 cm³/mol. The van der Waals surface area contributed by atoms with Gasteiger partial charge in [-0.25, -0.2) is 4.79 Å². The number of nitrogens with one attached hydrogen (secondary N) is 1. The van der Waals surface area contributed by atoms with Gasteiger partial charge >= 0.3 is 5.97 Å². The van der Waals surface area contributed by atoms with Gasteiger partial charge in [0.15, 0.2) is 5.17 Å². The first-order chi connectivity index (χ1) is 12.3. The Kier molecular flexibility index (Phi) is 4.97. The van der Waals surface area contributed by atoms with Crippen LogP contribution in [0.25, 0.3) is 17.4 Å². The summed E-state index contributed by atoms with van der Waals surface area (Å²) in [5, 5.41) is 11.9. The van der Waals surface area contributed by atoms with Gasteiger partial charge in [0.2, 0.25) is 5.91 Å². The quantitative estimate of drug-likeness (QED) is 0.777. The van der Waals surface area contributed by atoms with Gasteiger partial charge in [-0.1, -0.05) is 11.6 Å². The number of hydrogen-bond donors (Lipinski definition) is 2. The Morgan fingerprint density at radius 3 is 2.77 bits per heavy atom. The van der Waals surface area contributed by atoms with Crippen LogP contribution in [-0.4, -0.2) is 28.1 Å². The van der Waals surface area contributed by atoms with Crippen molar-refractivity contribution in [3.63, 3.8) is 0 Å². The van der Waals surface area contributed by atoms with Crippen LogP contribution in [0.3, 0.4) is 0 Å². The van der Waals surface area contributed by atoms with E-state index in [-0.39, 0.29) is 21.7 Å². The zero-order chi connectivity index (χ0) is 18.8. The van der Waals surface area contributed by atoms with Crippen molar-refractivity contribution in [3.05, 3.63) is 51.6 Å². The van der Waals surface area contributed by atoms with Crippen molar-refractivity contribution < 1.29 is 23.9 Å². The Balaban J connectivity index is 1.83. The molecule has 3 rings (SSSR count). The summed E-state index contributed by atoms with van der Waals surface area (Å²) < 4.78 is 5.65. The molecular formula is C17H11ClN2O5S. The SMILES string of the molecule is CC(=O)NC1=NC(=O)/C(=C/c2ccc(-c3ccc(Cl)c(C(=O)O)c3)o2)S1. The van der Waals surface area contributed by atoms with Gasteiger partial charge in [0.1, 0.15) is 11.5 Å². The Bertz CT molecular complexity index is 993. The molecule has 0 radical (unpaired) electrons. The van der Waals surface area contributed by atoms with E-state index in [1.807, 2.05) is 0 Å². The molecule has 1 aliphatic rings. The molecule has 2 heterocycles. The Hall–Kier alpha value is -2.84. The number of aliphatic imine (C=N–C) groups is 1. The third-order valence-electron chi connectivity index (χ3n) is 3.28. The third kappa shape index (κ3) is 3.87. The number of hydrogen-bond acceptors (Lipinski definition) is 5. The Labute approximate surface area is 156 Å². The second-order valence-corrected chi connectivity index (χ2v) is 6.65. The summed E-state index contributed by atoms with van der Waals surface area (Å²) in [4.78, 5) is 38.1. The van der Waals surface area contributed by atoms with Crippen molar-refractivity contribution in [2.45, 2.75) is 6.92 Å². The number of carboxylic acid groups (broad SMARTS) is 1. The molecule has 0 saturated heterocycles. The lowest BCUT2D eigenvalue weighted by atomic mass is 10.1. The van der Waals surface area contributed by atoms with Gasteiger partial charge in [-0.2, -0.15) is 4.99 Å². The lowest BCUT2D eigenvalue weighted by Crippen LogP contribution is -2.23. The maximum Gasteiger partial charge on any atom is 0.337 e. The minimum absolute atomic E-state index is 0.0321. The number of carbonyl (C=O) groups is 3. The molecule has 0 bridgehead atoms. The number of carbonyl (C=O) groups excluding carboxylic acids is 2. The molecule has 0 aliphatic carbocycles. The molecule has 1 aromatic carbocycles. The van der Waals surface area contributed by atoms with E-state index in [0.29, 0.717) is 22.0 Å². The fourth-order valence-corrected chi connectivity index (χ4v) is 3.21. The highest BCUT2D eigenvalue weighted by molar-refractivity contribution is 8.18. The van der Waals surface area contributed by atoms with Gasteiger partial charge in [-0.05, 0) is 42.1 Å². The summed E-state index contributed by atoms with van der Waals surface area (Å²) in [6.45, 7) is 1.32. The van der Waals surface area contributed by atoms with Crippen LogP contribution in [0, 0.1) is 0 Å². The molecule has 0 atom stereocenters. The highest BCUT2D eigenvalue weighted by Gasteiger charge is 2.23. The predicted octanol–water partition coefficient (Wildman–Crippen LogP) is 3.40. The van der Waals surface area contributed by atoms with Gasteiger partial charge in [0.25, 0.3) is 5.91 Å².